The molecule has 27 heavy (non-hydrogen) atoms. The molecule has 2 aromatic rings. The van der Waals surface area contributed by atoms with Crippen molar-refractivity contribution in [1.29, 1.82) is 0 Å². The Labute approximate surface area is 157 Å². The third-order valence-corrected chi connectivity index (χ3v) is 5.15. The fourth-order valence-electron chi connectivity index (χ4n) is 2.58. The predicted molar refractivity (Wildman–Crippen MR) is 94.6 cm³/mol. The number of pyridine rings is 1. The summed E-state index contributed by atoms with van der Waals surface area (Å²) in [5.41, 5.74) is 1.22. The molecule has 0 atom stereocenters. The van der Waals surface area contributed by atoms with Gasteiger partial charge in [-0.1, -0.05) is 6.07 Å². The molecule has 2 heterocycles. The number of halogens is 4. The highest BCUT2D eigenvalue weighted by atomic mass is 32.2. The van der Waals surface area contributed by atoms with Crippen LogP contribution in [0.2, 0.25) is 0 Å². The van der Waals surface area contributed by atoms with Gasteiger partial charge in [0.15, 0.2) is 5.82 Å². The first-order chi connectivity index (χ1) is 12.7. The van der Waals surface area contributed by atoms with E-state index in [4.69, 9.17) is 0 Å². The second-order valence-corrected chi connectivity index (χ2v) is 7.06. The molecule has 1 aromatic heterocycles. The van der Waals surface area contributed by atoms with Crippen LogP contribution in [-0.2, 0) is 17.8 Å². The van der Waals surface area contributed by atoms with Crippen LogP contribution in [0.5, 0.6) is 0 Å². The van der Waals surface area contributed by atoms with E-state index in [1.165, 1.54) is 24.2 Å². The van der Waals surface area contributed by atoms with Crippen molar-refractivity contribution in [2.24, 2.45) is 4.99 Å². The molecule has 0 aliphatic carbocycles. The van der Waals surface area contributed by atoms with Crippen LogP contribution in [0.4, 0.5) is 23.4 Å². The van der Waals surface area contributed by atoms with Crippen molar-refractivity contribution in [3.8, 4) is 0 Å². The van der Waals surface area contributed by atoms with E-state index in [1.807, 2.05) is 0 Å². The summed E-state index contributed by atoms with van der Waals surface area (Å²) in [6, 6.07) is 5.99. The van der Waals surface area contributed by atoms with Gasteiger partial charge in [0, 0.05) is 16.7 Å². The van der Waals surface area contributed by atoms with Gasteiger partial charge < -0.3 is 0 Å². The van der Waals surface area contributed by atoms with Crippen LogP contribution in [0.15, 0.2) is 40.4 Å². The average Bonchev–Trinajstić information content (AvgIpc) is 2.61. The molecule has 0 saturated carbocycles. The number of thioether (sulfide) groups is 1. The lowest BCUT2D eigenvalue weighted by atomic mass is 10.1. The number of aryl methyl sites for hydroxylation is 1. The minimum absolute atomic E-state index is 0.0562. The molecule has 3 rings (SSSR count). The number of carbonyl (C=O) groups is 1. The minimum atomic E-state index is -4.33. The van der Waals surface area contributed by atoms with E-state index in [0.29, 0.717) is 28.0 Å². The number of hydrogen-bond acceptors (Lipinski definition) is 4. The molecule has 1 aliphatic rings. The first-order valence-electron chi connectivity index (χ1n) is 7.99. The van der Waals surface area contributed by atoms with Crippen LogP contribution >= 0.6 is 11.8 Å². The fourth-order valence-corrected chi connectivity index (χ4v) is 3.41. The van der Waals surface area contributed by atoms with Crippen molar-refractivity contribution in [2.45, 2.75) is 31.0 Å². The predicted octanol–water partition coefficient (Wildman–Crippen LogP) is 4.43. The van der Waals surface area contributed by atoms with Gasteiger partial charge in [0.2, 0.25) is 5.91 Å². The molecule has 0 spiro atoms. The first kappa shape index (κ1) is 19.3. The molecule has 0 radical (unpaired) electrons. The number of carbonyl (C=O) groups excluding carboxylic acids is 1. The van der Waals surface area contributed by atoms with E-state index in [1.54, 1.807) is 18.3 Å². The maximum absolute atomic E-state index is 14.2. The molecule has 0 N–H and O–H groups in total. The molecule has 0 saturated heterocycles. The smallest absolute Gasteiger partial charge is 0.298 e. The monoisotopic (exact) mass is 397 g/mol. The Kier molecular flexibility index (Phi) is 5.50. The fraction of sp³-hybridized carbons (Fsp3) is 0.278. The average molecular weight is 397 g/mol. The van der Waals surface area contributed by atoms with E-state index >= 15 is 0 Å². The largest absolute Gasteiger partial charge is 0.398 e. The quantitative estimate of drug-likeness (QED) is 0.567. The van der Waals surface area contributed by atoms with Gasteiger partial charge >= 0.3 is 6.18 Å². The second-order valence-electron chi connectivity index (χ2n) is 6.04. The van der Waals surface area contributed by atoms with Gasteiger partial charge in [-0.2, -0.15) is 13.2 Å². The number of amides is 1. The lowest BCUT2D eigenvalue weighted by molar-refractivity contribution is -0.127. The molecule has 1 aliphatic heterocycles. The van der Waals surface area contributed by atoms with E-state index in [0.717, 1.165) is 11.6 Å². The summed E-state index contributed by atoms with van der Waals surface area (Å²) in [5, 5.41) is 0. The van der Waals surface area contributed by atoms with Crippen molar-refractivity contribution in [3.63, 3.8) is 0 Å². The number of aromatic nitrogens is 1. The zero-order valence-electron chi connectivity index (χ0n) is 14.3. The van der Waals surface area contributed by atoms with Gasteiger partial charge in [-0.25, -0.2) is 14.4 Å². The SMILES string of the molecule is Cc1cc(F)c(CC(=O)N2C=Nc3ncccc3C2)cc1SCC(F)(F)F. The Bertz CT molecular complexity index is 899. The zero-order valence-corrected chi connectivity index (χ0v) is 15.1. The number of rotatable bonds is 4. The van der Waals surface area contributed by atoms with Crippen molar-refractivity contribution in [3.05, 3.63) is 53.0 Å². The van der Waals surface area contributed by atoms with Gasteiger partial charge in [0.25, 0.3) is 0 Å². The van der Waals surface area contributed by atoms with E-state index in [2.05, 4.69) is 9.98 Å². The van der Waals surface area contributed by atoms with Gasteiger partial charge in [-0.05, 0) is 36.2 Å². The Morgan fingerprint density at radius 1 is 1.33 bits per heavy atom. The van der Waals surface area contributed by atoms with Gasteiger partial charge in [0.05, 0.1) is 18.7 Å². The van der Waals surface area contributed by atoms with Crippen LogP contribution < -0.4 is 0 Å². The second kappa shape index (κ2) is 7.67. The van der Waals surface area contributed by atoms with Gasteiger partial charge in [0.1, 0.15) is 12.2 Å². The molecule has 0 bridgehead atoms. The molecule has 1 amide bonds. The molecule has 4 nitrogen and oxygen atoms in total. The van der Waals surface area contributed by atoms with Crippen molar-refractivity contribution in [2.75, 3.05) is 5.75 Å². The standard InChI is InChI=1S/C18H15F4N3OS/c1-11-5-14(19)13(6-15(11)27-9-18(20,21)22)7-16(26)25-8-12-3-2-4-23-17(12)24-10-25/h2-6,10H,7-9H2,1H3. The van der Waals surface area contributed by atoms with E-state index in [-0.39, 0.29) is 18.5 Å². The highest BCUT2D eigenvalue weighted by Gasteiger charge is 2.28. The van der Waals surface area contributed by atoms with E-state index < -0.39 is 23.7 Å². The highest BCUT2D eigenvalue weighted by molar-refractivity contribution is 7.99. The van der Waals surface area contributed by atoms with E-state index in [9.17, 15) is 22.4 Å². The lowest BCUT2D eigenvalue weighted by Crippen LogP contribution is -2.32. The number of benzene rings is 1. The normalized spacial score (nSPS) is 13.6. The Hall–Kier alpha value is -2.42. The molecule has 0 fully saturated rings. The van der Waals surface area contributed by atoms with Gasteiger partial charge in [-0.15, -0.1) is 11.8 Å². The van der Waals surface area contributed by atoms with Crippen molar-refractivity contribution >= 4 is 29.8 Å². The summed E-state index contributed by atoms with van der Waals surface area (Å²) in [6.07, 6.45) is -1.67. The van der Waals surface area contributed by atoms with Crippen molar-refractivity contribution < 1.29 is 22.4 Å². The first-order valence-corrected chi connectivity index (χ1v) is 8.97. The third-order valence-electron chi connectivity index (χ3n) is 3.92. The molecular formula is C18H15F4N3OS. The molecule has 142 valence electrons. The van der Waals surface area contributed by atoms with Crippen LogP contribution in [-0.4, -0.2) is 34.1 Å². The number of fused-ring (bicyclic) bond motifs is 1. The summed E-state index contributed by atoms with van der Waals surface area (Å²) >= 11 is 0.579. The Balaban J connectivity index is 1.74. The number of hydrogen-bond donors (Lipinski definition) is 0. The number of aliphatic imine (C=N–C) groups is 1. The Morgan fingerprint density at radius 2 is 2.11 bits per heavy atom. The summed E-state index contributed by atoms with van der Waals surface area (Å²) < 4.78 is 51.6. The highest BCUT2D eigenvalue weighted by Crippen LogP contribution is 2.31. The molecule has 0 unspecified atom stereocenters. The summed E-state index contributed by atoms with van der Waals surface area (Å²) in [6.45, 7) is 1.79. The molecule has 1 aromatic carbocycles. The maximum Gasteiger partial charge on any atom is 0.398 e. The van der Waals surface area contributed by atoms with Crippen molar-refractivity contribution in [1.82, 2.24) is 9.88 Å². The van der Waals surface area contributed by atoms with Crippen LogP contribution in [0.25, 0.3) is 0 Å². The van der Waals surface area contributed by atoms with Crippen LogP contribution in [0.1, 0.15) is 16.7 Å². The molecular weight excluding hydrogens is 382 g/mol. The molecule has 9 heteroatoms. The minimum Gasteiger partial charge on any atom is -0.298 e. The van der Waals surface area contributed by atoms with Crippen LogP contribution in [0.3, 0.4) is 0 Å². The summed E-state index contributed by atoms with van der Waals surface area (Å²) in [5.74, 6) is -1.57. The zero-order chi connectivity index (χ0) is 19.6. The number of nitrogens with zero attached hydrogens (tertiary/aromatic N) is 3. The summed E-state index contributed by atoms with van der Waals surface area (Å²) in [4.78, 5) is 22.3. The van der Waals surface area contributed by atoms with Gasteiger partial charge in [-0.3, -0.25) is 9.69 Å². The topological polar surface area (TPSA) is 45.6 Å². The van der Waals surface area contributed by atoms with Crippen LogP contribution in [0, 0.1) is 12.7 Å². The number of alkyl halides is 3. The lowest BCUT2D eigenvalue weighted by Gasteiger charge is -2.22. The third kappa shape index (κ3) is 4.85. The summed E-state index contributed by atoms with van der Waals surface area (Å²) in [7, 11) is 0. The Morgan fingerprint density at radius 3 is 2.85 bits per heavy atom. The maximum atomic E-state index is 14.2.